The first-order valence-electron chi connectivity index (χ1n) is 6.01. The van der Waals surface area contributed by atoms with E-state index in [1.807, 2.05) is 13.8 Å². The highest BCUT2D eigenvalue weighted by atomic mass is 79.9. The summed E-state index contributed by atoms with van der Waals surface area (Å²) >= 11 is 3.07. The number of hydrogen-bond acceptors (Lipinski definition) is 3. The Morgan fingerprint density at radius 3 is 2.41 bits per heavy atom. The number of carbonyl (C=O) groups is 2. The van der Waals surface area contributed by atoms with Crippen molar-refractivity contribution in [1.29, 1.82) is 0 Å². The van der Waals surface area contributed by atoms with Gasteiger partial charge in [-0.25, -0.2) is 4.79 Å². The highest BCUT2D eigenvalue weighted by Crippen LogP contribution is 2.08. The first-order valence-corrected chi connectivity index (χ1v) is 7.13. The summed E-state index contributed by atoms with van der Waals surface area (Å²) in [7, 11) is 0. The average molecular weight is 305 g/mol. The number of hydrogen-bond donors (Lipinski definition) is 0. The maximum absolute atomic E-state index is 11.7. The van der Waals surface area contributed by atoms with E-state index in [9.17, 15) is 9.59 Å². The van der Waals surface area contributed by atoms with E-state index in [0.717, 1.165) is 19.3 Å². The normalized spacial score (nSPS) is 11.7. The molecule has 0 bridgehead atoms. The lowest BCUT2D eigenvalue weighted by Gasteiger charge is -2.07. The van der Waals surface area contributed by atoms with Crippen LogP contribution in [0.25, 0.3) is 0 Å². The van der Waals surface area contributed by atoms with E-state index < -0.39 is 5.97 Å². The van der Waals surface area contributed by atoms with Gasteiger partial charge in [-0.3, -0.25) is 4.79 Å². The Morgan fingerprint density at radius 1 is 1.29 bits per heavy atom. The molecule has 0 fully saturated rings. The van der Waals surface area contributed by atoms with Crippen LogP contribution < -0.4 is 0 Å². The molecule has 4 heteroatoms. The fourth-order valence-electron chi connectivity index (χ4n) is 1.27. The maximum Gasteiger partial charge on any atom is 0.341 e. The van der Waals surface area contributed by atoms with Crippen molar-refractivity contribution in [2.75, 3.05) is 11.9 Å². The Balaban J connectivity index is 4.40. The second kappa shape index (κ2) is 9.40. The summed E-state index contributed by atoms with van der Waals surface area (Å²) in [6, 6.07) is 0. The minimum atomic E-state index is -0.501. The van der Waals surface area contributed by atoms with Gasteiger partial charge in [0, 0.05) is 0 Å². The molecule has 0 aromatic rings. The van der Waals surface area contributed by atoms with E-state index in [0.29, 0.717) is 6.61 Å². The van der Waals surface area contributed by atoms with Gasteiger partial charge in [0.05, 0.1) is 17.5 Å². The van der Waals surface area contributed by atoms with Gasteiger partial charge >= 0.3 is 5.97 Å². The number of rotatable bonds is 8. The molecule has 17 heavy (non-hydrogen) atoms. The summed E-state index contributed by atoms with van der Waals surface area (Å²) in [4.78, 5) is 23.3. The lowest BCUT2D eigenvalue weighted by molar-refractivity contribution is -0.140. The second-order valence-electron chi connectivity index (χ2n) is 4.22. The van der Waals surface area contributed by atoms with Crippen molar-refractivity contribution in [3.8, 4) is 0 Å². The summed E-state index contributed by atoms with van der Waals surface area (Å²) < 4.78 is 5.08. The topological polar surface area (TPSA) is 43.4 Å². The van der Waals surface area contributed by atoms with Crippen molar-refractivity contribution in [1.82, 2.24) is 0 Å². The van der Waals surface area contributed by atoms with Crippen molar-refractivity contribution in [3.63, 3.8) is 0 Å². The zero-order valence-electron chi connectivity index (χ0n) is 10.8. The molecule has 0 N–H and O–H groups in total. The molecule has 0 aliphatic carbocycles. The number of halogens is 1. The van der Waals surface area contributed by atoms with Gasteiger partial charge in [-0.15, -0.1) is 0 Å². The smallest absolute Gasteiger partial charge is 0.341 e. The lowest BCUT2D eigenvalue weighted by Crippen LogP contribution is -2.18. The van der Waals surface area contributed by atoms with E-state index >= 15 is 0 Å². The maximum atomic E-state index is 11.7. The predicted molar refractivity (Wildman–Crippen MR) is 72.2 cm³/mol. The van der Waals surface area contributed by atoms with E-state index in [-0.39, 0.29) is 22.6 Å². The van der Waals surface area contributed by atoms with Crippen LogP contribution in [0, 0.1) is 5.92 Å². The van der Waals surface area contributed by atoms with Gasteiger partial charge in [0.1, 0.15) is 0 Å². The Morgan fingerprint density at radius 2 is 1.94 bits per heavy atom. The average Bonchev–Trinajstić information content (AvgIpc) is 2.30. The van der Waals surface area contributed by atoms with Crippen LogP contribution in [0.2, 0.25) is 0 Å². The third-order valence-electron chi connectivity index (χ3n) is 2.12. The van der Waals surface area contributed by atoms with Gasteiger partial charge in [0.2, 0.25) is 0 Å². The number of ketones is 1. The predicted octanol–water partition coefficient (Wildman–Crippen LogP) is 3.27. The van der Waals surface area contributed by atoms with Crippen LogP contribution in [0.15, 0.2) is 11.6 Å². The van der Waals surface area contributed by atoms with E-state index in [4.69, 9.17) is 4.74 Å². The Bertz CT molecular complexity index is 282. The van der Waals surface area contributed by atoms with Crippen LogP contribution in [-0.4, -0.2) is 23.7 Å². The molecule has 0 rings (SSSR count). The van der Waals surface area contributed by atoms with Gasteiger partial charge in [-0.2, -0.15) is 0 Å². The van der Waals surface area contributed by atoms with Crippen LogP contribution >= 0.6 is 15.9 Å². The molecule has 0 saturated carbocycles. The molecule has 0 radical (unpaired) electrons. The first kappa shape index (κ1) is 16.4. The minimum absolute atomic E-state index is 0.148. The van der Waals surface area contributed by atoms with Crippen LogP contribution in [-0.2, 0) is 14.3 Å². The van der Waals surface area contributed by atoms with Crippen molar-refractivity contribution < 1.29 is 14.3 Å². The van der Waals surface area contributed by atoms with E-state index in [1.54, 1.807) is 6.08 Å². The van der Waals surface area contributed by atoms with Gasteiger partial charge in [-0.05, 0) is 12.3 Å². The molecule has 0 aromatic heterocycles. The highest BCUT2D eigenvalue weighted by molar-refractivity contribution is 9.09. The van der Waals surface area contributed by atoms with Gasteiger partial charge < -0.3 is 4.74 Å². The number of carbonyl (C=O) groups excluding carboxylic acids is 2. The van der Waals surface area contributed by atoms with Crippen molar-refractivity contribution in [2.45, 2.75) is 40.0 Å². The molecule has 0 unspecified atom stereocenters. The molecule has 3 nitrogen and oxygen atoms in total. The standard InChI is InChI=1S/C13H21BrO3/c1-4-5-6-7-17-13(16)11(8-10(2)3)12(15)9-14/h8,10H,4-7,9H2,1-3H3. The quantitative estimate of drug-likeness (QED) is 0.173. The lowest BCUT2D eigenvalue weighted by atomic mass is 10.1. The van der Waals surface area contributed by atoms with Crippen LogP contribution in [0.3, 0.4) is 0 Å². The van der Waals surface area contributed by atoms with Crippen molar-refractivity contribution in [3.05, 3.63) is 11.6 Å². The van der Waals surface area contributed by atoms with Crippen molar-refractivity contribution in [2.24, 2.45) is 5.92 Å². The number of ether oxygens (including phenoxy) is 1. The van der Waals surface area contributed by atoms with Crippen LogP contribution in [0.4, 0.5) is 0 Å². The molecule has 0 aromatic carbocycles. The number of esters is 1. The van der Waals surface area contributed by atoms with E-state index in [2.05, 4.69) is 22.9 Å². The Labute approximate surface area is 112 Å². The summed E-state index contributed by atoms with van der Waals surface area (Å²) in [6.45, 7) is 6.32. The number of unbranched alkanes of at least 4 members (excludes halogenated alkanes) is 2. The number of Topliss-reactive ketones (excluding diaryl/α,β-unsaturated/α-hetero) is 1. The van der Waals surface area contributed by atoms with Gasteiger partial charge in [-0.1, -0.05) is 55.6 Å². The molecular weight excluding hydrogens is 284 g/mol. The summed E-state index contributed by atoms with van der Waals surface area (Å²) in [6.07, 6.45) is 4.61. The third-order valence-corrected chi connectivity index (χ3v) is 2.63. The SMILES string of the molecule is CCCCCOC(=O)C(=CC(C)C)C(=O)CBr. The largest absolute Gasteiger partial charge is 0.462 e. The minimum Gasteiger partial charge on any atom is -0.462 e. The fraction of sp³-hybridized carbons (Fsp3) is 0.692. The van der Waals surface area contributed by atoms with Gasteiger partial charge in [0.15, 0.2) is 5.78 Å². The monoisotopic (exact) mass is 304 g/mol. The molecule has 0 spiro atoms. The zero-order chi connectivity index (χ0) is 13.3. The van der Waals surface area contributed by atoms with E-state index in [1.165, 1.54) is 0 Å². The number of alkyl halides is 1. The molecule has 0 atom stereocenters. The summed E-state index contributed by atoms with van der Waals surface area (Å²) in [5, 5.41) is 0.148. The van der Waals surface area contributed by atoms with Gasteiger partial charge in [0.25, 0.3) is 0 Å². The summed E-state index contributed by atoms with van der Waals surface area (Å²) in [5.41, 5.74) is 0.161. The third kappa shape index (κ3) is 7.31. The molecule has 0 aliphatic rings. The van der Waals surface area contributed by atoms with Crippen LogP contribution in [0.5, 0.6) is 0 Å². The molecule has 0 aliphatic heterocycles. The molecule has 0 saturated heterocycles. The highest BCUT2D eigenvalue weighted by Gasteiger charge is 2.18. The molecular formula is C13H21BrO3. The second-order valence-corrected chi connectivity index (χ2v) is 4.78. The van der Waals surface area contributed by atoms with Crippen LogP contribution in [0.1, 0.15) is 40.0 Å². The zero-order valence-corrected chi connectivity index (χ0v) is 12.4. The Hall–Kier alpha value is -0.640. The first-order chi connectivity index (χ1) is 8.02. The fourth-order valence-corrected chi connectivity index (χ4v) is 1.58. The molecule has 0 amide bonds. The van der Waals surface area contributed by atoms with Crippen molar-refractivity contribution >= 4 is 27.7 Å². The summed E-state index contributed by atoms with van der Waals surface area (Å²) in [5.74, 6) is -0.574. The Kier molecular flexibility index (Phi) is 9.04. The number of allylic oxidation sites excluding steroid dienone is 1. The molecule has 0 heterocycles. The molecule has 98 valence electrons.